The minimum absolute atomic E-state index is 0.345. The average Bonchev–Trinajstić information content (AvgIpc) is 1.68. The van der Waals surface area contributed by atoms with Crippen LogP contribution in [0.15, 0.2) is 0 Å². The van der Waals surface area contributed by atoms with Gasteiger partial charge in [0, 0.05) is 6.61 Å². The number of rotatable bonds is 4. The van der Waals surface area contributed by atoms with Crippen molar-refractivity contribution in [3.05, 3.63) is 0 Å². The molecule has 0 rings (SSSR count). The molecule has 0 fully saturated rings. The lowest BCUT2D eigenvalue weighted by Gasteiger charge is -2.04. The molecular formula is C6H13IO. The van der Waals surface area contributed by atoms with E-state index in [0.717, 1.165) is 6.42 Å². The van der Waals surface area contributed by atoms with Crippen molar-refractivity contribution >= 4 is 22.6 Å². The van der Waals surface area contributed by atoms with Crippen LogP contribution in [0.3, 0.4) is 0 Å². The third-order valence-corrected chi connectivity index (χ3v) is 1.85. The topological polar surface area (TPSA) is 20.2 Å². The summed E-state index contributed by atoms with van der Waals surface area (Å²) in [5, 5.41) is 8.46. The molecule has 1 N–H and O–H groups in total. The van der Waals surface area contributed by atoms with Crippen molar-refractivity contribution in [1.29, 1.82) is 0 Å². The van der Waals surface area contributed by atoms with Gasteiger partial charge in [-0.1, -0.05) is 29.5 Å². The molecule has 0 saturated heterocycles. The van der Waals surface area contributed by atoms with E-state index in [-0.39, 0.29) is 0 Å². The van der Waals surface area contributed by atoms with Crippen molar-refractivity contribution in [2.75, 3.05) is 11.0 Å². The highest BCUT2D eigenvalue weighted by atomic mass is 127. The molecule has 8 heavy (non-hydrogen) atoms. The molecule has 0 aliphatic heterocycles. The van der Waals surface area contributed by atoms with Gasteiger partial charge in [-0.2, -0.15) is 0 Å². The van der Waals surface area contributed by atoms with Gasteiger partial charge in [-0.05, 0) is 23.2 Å². The van der Waals surface area contributed by atoms with Crippen LogP contribution in [0.1, 0.15) is 19.8 Å². The molecule has 0 spiro atoms. The van der Waals surface area contributed by atoms with E-state index in [1.165, 1.54) is 10.8 Å². The molecule has 0 aliphatic carbocycles. The van der Waals surface area contributed by atoms with Gasteiger partial charge in [0.1, 0.15) is 0 Å². The van der Waals surface area contributed by atoms with Gasteiger partial charge in [-0.3, -0.25) is 0 Å². The van der Waals surface area contributed by atoms with Gasteiger partial charge in [0.25, 0.3) is 0 Å². The fraction of sp³-hybridized carbons (Fsp3) is 1.00. The van der Waals surface area contributed by atoms with E-state index in [1.807, 2.05) is 0 Å². The van der Waals surface area contributed by atoms with Crippen molar-refractivity contribution in [2.45, 2.75) is 19.8 Å². The zero-order valence-electron chi connectivity index (χ0n) is 5.23. The molecule has 1 unspecified atom stereocenters. The first kappa shape index (κ1) is 8.69. The maximum absolute atomic E-state index is 8.46. The highest BCUT2D eigenvalue weighted by Crippen LogP contribution is 2.07. The Balaban J connectivity index is 2.92. The summed E-state index contributed by atoms with van der Waals surface area (Å²) in [4.78, 5) is 0. The minimum atomic E-state index is 0.345. The predicted molar refractivity (Wildman–Crippen MR) is 44.4 cm³/mol. The summed E-state index contributed by atoms with van der Waals surface area (Å²) in [6, 6.07) is 0. The average molecular weight is 228 g/mol. The maximum Gasteiger partial charge on any atom is 0.0433 e. The second-order valence-electron chi connectivity index (χ2n) is 2.10. The van der Waals surface area contributed by atoms with Gasteiger partial charge < -0.3 is 5.11 Å². The first-order valence-corrected chi connectivity index (χ1v) is 4.50. The largest absolute Gasteiger partial charge is 0.396 e. The summed E-state index contributed by atoms with van der Waals surface area (Å²) in [6.07, 6.45) is 2.20. The molecule has 0 saturated carbocycles. The molecule has 1 atom stereocenters. The molecule has 0 heterocycles. The Morgan fingerprint density at radius 1 is 1.50 bits per heavy atom. The predicted octanol–water partition coefficient (Wildman–Crippen LogP) is 1.83. The van der Waals surface area contributed by atoms with Gasteiger partial charge in [-0.25, -0.2) is 0 Å². The third-order valence-electron chi connectivity index (χ3n) is 1.22. The van der Waals surface area contributed by atoms with E-state index in [9.17, 15) is 0 Å². The van der Waals surface area contributed by atoms with E-state index >= 15 is 0 Å². The number of hydrogen-bond donors (Lipinski definition) is 1. The molecule has 0 aromatic rings. The molecule has 2 heteroatoms. The van der Waals surface area contributed by atoms with Crippen LogP contribution in [0.25, 0.3) is 0 Å². The summed E-state index contributed by atoms with van der Waals surface area (Å²) in [5.74, 6) is 0.705. The first-order chi connectivity index (χ1) is 3.81. The molecular weight excluding hydrogens is 215 g/mol. The number of aliphatic hydroxyl groups excluding tert-OH is 1. The van der Waals surface area contributed by atoms with Crippen LogP contribution >= 0.6 is 22.6 Å². The smallest absolute Gasteiger partial charge is 0.0433 e. The van der Waals surface area contributed by atoms with E-state index in [0.29, 0.717) is 12.5 Å². The van der Waals surface area contributed by atoms with E-state index in [1.54, 1.807) is 0 Å². The van der Waals surface area contributed by atoms with Crippen LogP contribution in [0.2, 0.25) is 0 Å². The monoisotopic (exact) mass is 228 g/mol. The number of alkyl halides is 1. The van der Waals surface area contributed by atoms with Crippen LogP contribution in [0.4, 0.5) is 0 Å². The molecule has 0 aromatic heterocycles. The minimum Gasteiger partial charge on any atom is -0.396 e. The summed E-state index contributed by atoms with van der Waals surface area (Å²) < 4.78 is 1.21. The lowest BCUT2D eigenvalue weighted by molar-refractivity contribution is 0.261. The summed E-state index contributed by atoms with van der Waals surface area (Å²) in [6.45, 7) is 2.52. The van der Waals surface area contributed by atoms with Gasteiger partial charge in [0.05, 0.1) is 0 Å². The van der Waals surface area contributed by atoms with E-state index < -0.39 is 0 Å². The highest BCUT2D eigenvalue weighted by molar-refractivity contribution is 14.1. The van der Waals surface area contributed by atoms with Crippen molar-refractivity contribution < 1.29 is 5.11 Å². The van der Waals surface area contributed by atoms with Gasteiger partial charge >= 0.3 is 0 Å². The van der Waals surface area contributed by atoms with E-state index in [2.05, 4.69) is 29.5 Å². The fourth-order valence-electron chi connectivity index (χ4n) is 0.551. The fourth-order valence-corrected chi connectivity index (χ4v) is 1.61. The maximum atomic E-state index is 8.46. The molecule has 1 nitrogen and oxygen atoms in total. The molecule has 0 bridgehead atoms. The first-order valence-electron chi connectivity index (χ1n) is 2.98. The van der Waals surface area contributed by atoms with Crippen molar-refractivity contribution in [1.82, 2.24) is 0 Å². The Kier molecular flexibility index (Phi) is 6.32. The number of halogens is 1. The molecule has 50 valence electrons. The molecule has 0 radical (unpaired) electrons. The Hall–Kier alpha value is 0.690. The van der Waals surface area contributed by atoms with Gasteiger partial charge in [-0.15, -0.1) is 0 Å². The Labute approximate surface area is 64.6 Å². The molecule has 0 amide bonds. The van der Waals surface area contributed by atoms with Crippen LogP contribution < -0.4 is 0 Å². The second kappa shape index (κ2) is 5.82. The van der Waals surface area contributed by atoms with Crippen LogP contribution in [0, 0.1) is 5.92 Å². The summed E-state index contributed by atoms with van der Waals surface area (Å²) in [5.41, 5.74) is 0. The Morgan fingerprint density at radius 2 is 2.12 bits per heavy atom. The van der Waals surface area contributed by atoms with Crippen molar-refractivity contribution in [3.8, 4) is 0 Å². The van der Waals surface area contributed by atoms with Crippen LogP contribution in [0.5, 0.6) is 0 Å². The standard InChI is InChI=1S/C6H13IO/c1-6(2-4-7)3-5-8/h6,8H,2-5H2,1H3. The zero-order chi connectivity index (χ0) is 6.41. The summed E-state index contributed by atoms with van der Waals surface area (Å²) in [7, 11) is 0. The second-order valence-corrected chi connectivity index (χ2v) is 3.17. The SMILES string of the molecule is CC(CCO)CCI. The number of hydrogen-bond acceptors (Lipinski definition) is 1. The lowest BCUT2D eigenvalue weighted by atomic mass is 10.1. The lowest BCUT2D eigenvalue weighted by Crippen LogP contribution is -1.97. The van der Waals surface area contributed by atoms with Gasteiger partial charge in [0.15, 0.2) is 0 Å². The quantitative estimate of drug-likeness (QED) is 0.574. The molecule has 0 aromatic carbocycles. The van der Waals surface area contributed by atoms with Crippen LogP contribution in [-0.4, -0.2) is 16.1 Å². The normalized spacial score (nSPS) is 13.9. The van der Waals surface area contributed by atoms with Crippen molar-refractivity contribution in [3.63, 3.8) is 0 Å². The Bertz CT molecular complexity index is 41.8. The third kappa shape index (κ3) is 4.84. The number of aliphatic hydroxyl groups is 1. The highest BCUT2D eigenvalue weighted by Gasteiger charge is 1.97. The van der Waals surface area contributed by atoms with E-state index in [4.69, 9.17) is 5.11 Å². The van der Waals surface area contributed by atoms with Gasteiger partial charge in [0.2, 0.25) is 0 Å². The summed E-state index contributed by atoms with van der Waals surface area (Å²) >= 11 is 2.36. The van der Waals surface area contributed by atoms with Crippen molar-refractivity contribution in [2.24, 2.45) is 5.92 Å². The Morgan fingerprint density at radius 3 is 2.50 bits per heavy atom. The van der Waals surface area contributed by atoms with Crippen LogP contribution in [-0.2, 0) is 0 Å². The molecule has 0 aliphatic rings. The zero-order valence-corrected chi connectivity index (χ0v) is 7.39.